The number of hydrogen-bond acceptors (Lipinski definition) is 2. The third-order valence-corrected chi connectivity index (χ3v) is 3.09. The lowest BCUT2D eigenvalue weighted by Crippen LogP contribution is -2.43. The molecule has 0 saturated heterocycles. The molecule has 0 radical (unpaired) electrons. The van der Waals surface area contributed by atoms with Crippen LogP contribution in [-0.2, 0) is 4.79 Å². The van der Waals surface area contributed by atoms with Gasteiger partial charge in [0, 0.05) is 5.92 Å². The van der Waals surface area contributed by atoms with Crippen LogP contribution < -0.4 is 0 Å². The summed E-state index contributed by atoms with van der Waals surface area (Å²) in [6.07, 6.45) is 0.731. The largest absolute Gasteiger partial charge is 0.479 e. The number of rotatable bonds is 5. The molecule has 0 fully saturated rings. The number of carboxylic acid groups (broad SMARTS) is 1. The molecule has 2 unspecified atom stereocenters. The average Bonchev–Trinajstić information content (AvgIpc) is 2.29. The maximum absolute atomic E-state index is 12.8. The van der Waals surface area contributed by atoms with E-state index < -0.39 is 17.5 Å². The Labute approximate surface area is 99.9 Å². The van der Waals surface area contributed by atoms with Gasteiger partial charge in [-0.15, -0.1) is 0 Å². The smallest absolute Gasteiger partial charge is 0.336 e. The number of aliphatic carboxylic acids is 1. The zero-order valence-electron chi connectivity index (χ0n) is 9.98. The highest BCUT2D eigenvalue weighted by Crippen LogP contribution is 2.32. The van der Waals surface area contributed by atoms with Gasteiger partial charge in [-0.1, -0.05) is 32.4 Å². The minimum absolute atomic E-state index is 0.168. The predicted octanol–water partition coefficient (Wildman–Crippen LogP) is 2.55. The van der Waals surface area contributed by atoms with Gasteiger partial charge in [0.15, 0.2) is 5.60 Å². The van der Waals surface area contributed by atoms with E-state index >= 15 is 0 Å². The summed E-state index contributed by atoms with van der Waals surface area (Å²) in [5.74, 6) is -2.20. The average molecular weight is 240 g/mol. The van der Waals surface area contributed by atoms with Crippen molar-refractivity contribution in [1.29, 1.82) is 0 Å². The Morgan fingerprint density at radius 1 is 1.41 bits per heavy atom. The molecule has 0 spiro atoms. The van der Waals surface area contributed by atoms with Crippen molar-refractivity contribution in [3.63, 3.8) is 0 Å². The van der Waals surface area contributed by atoms with Crippen LogP contribution >= 0.6 is 0 Å². The van der Waals surface area contributed by atoms with Crippen LogP contribution in [0.4, 0.5) is 4.39 Å². The Kier molecular flexibility index (Phi) is 4.23. The summed E-state index contributed by atoms with van der Waals surface area (Å²) in [6.45, 7) is 3.45. The van der Waals surface area contributed by atoms with E-state index in [4.69, 9.17) is 5.11 Å². The molecule has 0 aliphatic heterocycles. The van der Waals surface area contributed by atoms with E-state index in [1.165, 1.54) is 24.3 Å². The molecule has 0 bridgehead atoms. The van der Waals surface area contributed by atoms with E-state index in [1.807, 2.05) is 6.92 Å². The lowest BCUT2D eigenvalue weighted by molar-refractivity contribution is -0.161. The van der Waals surface area contributed by atoms with E-state index in [9.17, 15) is 14.3 Å². The second-order valence-corrected chi connectivity index (χ2v) is 4.25. The number of benzene rings is 1. The first-order chi connectivity index (χ1) is 7.91. The summed E-state index contributed by atoms with van der Waals surface area (Å²) in [4.78, 5) is 11.2. The third-order valence-electron chi connectivity index (χ3n) is 3.09. The molecular weight excluding hydrogens is 223 g/mol. The Hall–Kier alpha value is -1.42. The first-order valence-corrected chi connectivity index (χ1v) is 5.63. The summed E-state index contributed by atoms with van der Waals surface area (Å²) in [6, 6.07) is 5.53. The molecule has 1 aromatic carbocycles. The fourth-order valence-electron chi connectivity index (χ4n) is 1.92. The van der Waals surface area contributed by atoms with E-state index in [-0.39, 0.29) is 12.2 Å². The third kappa shape index (κ3) is 2.82. The molecule has 0 heterocycles. The molecule has 1 rings (SSSR count). The van der Waals surface area contributed by atoms with Gasteiger partial charge in [-0.3, -0.25) is 0 Å². The van der Waals surface area contributed by atoms with Crippen LogP contribution in [0.2, 0.25) is 0 Å². The highest BCUT2D eigenvalue weighted by molar-refractivity contribution is 5.78. The van der Waals surface area contributed by atoms with Gasteiger partial charge in [-0.05, 0) is 24.1 Å². The Morgan fingerprint density at radius 3 is 2.35 bits per heavy atom. The minimum atomic E-state index is -1.80. The van der Waals surface area contributed by atoms with Crippen LogP contribution in [0.1, 0.15) is 38.2 Å². The van der Waals surface area contributed by atoms with E-state index in [0.29, 0.717) is 12.0 Å². The van der Waals surface area contributed by atoms with Gasteiger partial charge in [0.25, 0.3) is 0 Å². The lowest BCUT2D eigenvalue weighted by atomic mass is 9.80. The fourth-order valence-corrected chi connectivity index (χ4v) is 1.92. The Morgan fingerprint density at radius 2 is 1.94 bits per heavy atom. The van der Waals surface area contributed by atoms with Crippen molar-refractivity contribution < 1.29 is 19.4 Å². The van der Waals surface area contributed by atoms with Crippen molar-refractivity contribution in [3.05, 3.63) is 35.6 Å². The molecule has 94 valence electrons. The van der Waals surface area contributed by atoms with Crippen LogP contribution in [0.5, 0.6) is 0 Å². The molecule has 0 aromatic heterocycles. The molecule has 3 nitrogen and oxygen atoms in total. The topological polar surface area (TPSA) is 57.5 Å². The maximum Gasteiger partial charge on any atom is 0.336 e. The molecule has 0 amide bonds. The zero-order chi connectivity index (χ0) is 13.1. The maximum atomic E-state index is 12.8. The molecule has 2 atom stereocenters. The Bertz CT molecular complexity index is 388. The molecule has 17 heavy (non-hydrogen) atoms. The number of aliphatic hydroxyl groups is 1. The van der Waals surface area contributed by atoms with Crippen LogP contribution in [0.25, 0.3) is 0 Å². The van der Waals surface area contributed by atoms with E-state index in [0.717, 1.165) is 0 Å². The summed E-state index contributed by atoms with van der Waals surface area (Å²) >= 11 is 0. The summed E-state index contributed by atoms with van der Waals surface area (Å²) in [7, 11) is 0. The van der Waals surface area contributed by atoms with Gasteiger partial charge in [-0.25, -0.2) is 9.18 Å². The summed E-state index contributed by atoms with van der Waals surface area (Å²) < 4.78 is 12.8. The molecule has 4 heteroatoms. The van der Waals surface area contributed by atoms with Crippen LogP contribution in [0, 0.1) is 5.82 Å². The second-order valence-electron chi connectivity index (χ2n) is 4.25. The normalized spacial score (nSPS) is 16.2. The van der Waals surface area contributed by atoms with Crippen molar-refractivity contribution in [1.82, 2.24) is 0 Å². The SMILES string of the molecule is CCCC(O)(C(=O)O)C(C)c1ccc(F)cc1. The molecule has 2 N–H and O–H groups in total. The highest BCUT2D eigenvalue weighted by atomic mass is 19.1. The first-order valence-electron chi connectivity index (χ1n) is 5.63. The molecule has 0 saturated carbocycles. The van der Waals surface area contributed by atoms with Crippen LogP contribution in [0.15, 0.2) is 24.3 Å². The standard InChI is InChI=1S/C13H17FO3/c1-3-8-13(17,12(15)16)9(2)10-4-6-11(14)7-5-10/h4-7,9,17H,3,8H2,1-2H3,(H,15,16). The molecule has 1 aromatic rings. The van der Waals surface area contributed by atoms with E-state index in [1.54, 1.807) is 6.92 Å². The number of carbonyl (C=O) groups is 1. The van der Waals surface area contributed by atoms with Crippen LogP contribution in [-0.4, -0.2) is 21.8 Å². The van der Waals surface area contributed by atoms with Gasteiger partial charge in [0.05, 0.1) is 0 Å². The van der Waals surface area contributed by atoms with Gasteiger partial charge in [0.1, 0.15) is 5.82 Å². The molecule has 0 aliphatic carbocycles. The predicted molar refractivity (Wildman–Crippen MR) is 62.3 cm³/mol. The van der Waals surface area contributed by atoms with E-state index in [2.05, 4.69) is 0 Å². The minimum Gasteiger partial charge on any atom is -0.479 e. The van der Waals surface area contributed by atoms with Crippen molar-refractivity contribution in [2.75, 3.05) is 0 Å². The highest BCUT2D eigenvalue weighted by Gasteiger charge is 2.41. The van der Waals surface area contributed by atoms with Gasteiger partial charge in [0.2, 0.25) is 0 Å². The molecule has 0 aliphatic rings. The Balaban J connectivity index is 3.03. The molecular formula is C13H17FO3. The lowest BCUT2D eigenvalue weighted by Gasteiger charge is -2.30. The zero-order valence-corrected chi connectivity index (χ0v) is 9.98. The van der Waals surface area contributed by atoms with Gasteiger partial charge < -0.3 is 10.2 Å². The number of carboxylic acids is 1. The summed E-state index contributed by atoms with van der Waals surface area (Å²) in [5, 5.41) is 19.3. The van der Waals surface area contributed by atoms with Gasteiger partial charge in [-0.2, -0.15) is 0 Å². The van der Waals surface area contributed by atoms with Crippen molar-refractivity contribution in [2.45, 2.75) is 38.2 Å². The van der Waals surface area contributed by atoms with Crippen molar-refractivity contribution >= 4 is 5.97 Å². The number of halogens is 1. The monoisotopic (exact) mass is 240 g/mol. The summed E-state index contributed by atoms with van der Waals surface area (Å²) in [5.41, 5.74) is -1.18. The fraction of sp³-hybridized carbons (Fsp3) is 0.462. The second kappa shape index (κ2) is 5.27. The van der Waals surface area contributed by atoms with Gasteiger partial charge >= 0.3 is 5.97 Å². The first kappa shape index (κ1) is 13.6. The van der Waals surface area contributed by atoms with Crippen molar-refractivity contribution in [2.24, 2.45) is 0 Å². The quantitative estimate of drug-likeness (QED) is 0.831. The number of hydrogen-bond donors (Lipinski definition) is 2. The van der Waals surface area contributed by atoms with Crippen LogP contribution in [0.3, 0.4) is 0 Å². The van der Waals surface area contributed by atoms with Crippen molar-refractivity contribution in [3.8, 4) is 0 Å².